The minimum Gasteiger partial charge on any atom is -0.393 e. The summed E-state index contributed by atoms with van der Waals surface area (Å²) in [5, 5.41) is 12.0. The normalized spacial score (nSPS) is 13.3. The summed E-state index contributed by atoms with van der Waals surface area (Å²) in [6.45, 7) is 12.3. The van der Waals surface area contributed by atoms with E-state index in [2.05, 4.69) is 39.0 Å². The minimum absolute atomic E-state index is 0.0955. The Labute approximate surface area is 178 Å². The van der Waals surface area contributed by atoms with Gasteiger partial charge < -0.3 is 9.84 Å². The van der Waals surface area contributed by atoms with Gasteiger partial charge in [-0.3, -0.25) is 4.98 Å². The van der Waals surface area contributed by atoms with E-state index in [0.717, 1.165) is 38.9 Å². The molecule has 0 saturated heterocycles. The maximum absolute atomic E-state index is 10.2. The van der Waals surface area contributed by atoms with Gasteiger partial charge in [-0.05, 0) is 80.1 Å². The number of fused-ring (bicyclic) bond motifs is 1. The molecular formula is C25H30ClNO2. The summed E-state index contributed by atoms with van der Waals surface area (Å²) in [5.41, 5.74) is 5.77. The molecule has 0 amide bonds. The second kappa shape index (κ2) is 8.43. The number of aromatic nitrogens is 1. The van der Waals surface area contributed by atoms with Crippen molar-refractivity contribution in [1.29, 1.82) is 0 Å². The second-order valence-electron chi connectivity index (χ2n) is 8.85. The first-order valence-corrected chi connectivity index (χ1v) is 10.5. The SMILES string of the molecule is Cc1cc2nc(C(C)C)ccc2c(-c2ccc(Cl)cc2)c1C(CO)OC(C)(C)C. The van der Waals surface area contributed by atoms with Crippen LogP contribution >= 0.6 is 11.6 Å². The van der Waals surface area contributed by atoms with Gasteiger partial charge in [0.15, 0.2) is 0 Å². The van der Waals surface area contributed by atoms with Crippen LogP contribution in [0.4, 0.5) is 0 Å². The summed E-state index contributed by atoms with van der Waals surface area (Å²) < 4.78 is 6.25. The molecule has 0 aliphatic carbocycles. The molecule has 29 heavy (non-hydrogen) atoms. The molecule has 0 fully saturated rings. The van der Waals surface area contributed by atoms with Crippen LogP contribution in [0.15, 0.2) is 42.5 Å². The van der Waals surface area contributed by atoms with Crippen LogP contribution in [0.2, 0.25) is 5.02 Å². The molecule has 2 aromatic carbocycles. The summed E-state index contributed by atoms with van der Waals surface area (Å²) >= 11 is 6.14. The number of nitrogens with zero attached hydrogens (tertiary/aromatic N) is 1. The van der Waals surface area contributed by atoms with Crippen LogP contribution in [-0.4, -0.2) is 22.3 Å². The fourth-order valence-corrected chi connectivity index (χ4v) is 3.84. The molecule has 4 heteroatoms. The van der Waals surface area contributed by atoms with E-state index in [1.807, 2.05) is 45.0 Å². The topological polar surface area (TPSA) is 42.4 Å². The zero-order chi connectivity index (χ0) is 21.3. The average molecular weight is 412 g/mol. The van der Waals surface area contributed by atoms with Crippen molar-refractivity contribution in [3.8, 4) is 11.1 Å². The number of ether oxygens (including phenoxy) is 1. The van der Waals surface area contributed by atoms with Gasteiger partial charge in [0.25, 0.3) is 0 Å². The second-order valence-corrected chi connectivity index (χ2v) is 9.28. The smallest absolute Gasteiger partial charge is 0.107 e. The molecule has 0 radical (unpaired) electrons. The van der Waals surface area contributed by atoms with Gasteiger partial charge in [0.2, 0.25) is 0 Å². The van der Waals surface area contributed by atoms with Gasteiger partial charge in [0.1, 0.15) is 6.10 Å². The summed E-state index contributed by atoms with van der Waals surface area (Å²) in [7, 11) is 0. The fraction of sp³-hybridized carbons (Fsp3) is 0.400. The molecule has 0 aliphatic heterocycles. The third kappa shape index (κ3) is 4.80. The number of pyridine rings is 1. The van der Waals surface area contributed by atoms with Crippen molar-refractivity contribution in [3.05, 3.63) is 64.3 Å². The van der Waals surface area contributed by atoms with Crippen LogP contribution in [0.25, 0.3) is 22.0 Å². The van der Waals surface area contributed by atoms with Crippen molar-refractivity contribution in [2.75, 3.05) is 6.61 Å². The molecule has 1 N–H and O–H groups in total. The molecule has 3 aromatic rings. The Morgan fingerprint density at radius 2 is 1.72 bits per heavy atom. The number of aliphatic hydroxyl groups excluding tert-OH is 1. The molecular weight excluding hydrogens is 382 g/mol. The van der Waals surface area contributed by atoms with Crippen molar-refractivity contribution >= 4 is 22.5 Å². The van der Waals surface area contributed by atoms with Crippen molar-refractivity contribution < 1.29 is 9.84 Å². The van der Waals surface area contributed by atoms with Gasteiger partial charge in [0.05, 0.1) is 17.7 Å². The molecule has 1 unspecified atom stereocenters. The van der Waals surface area contributed by atoms with Gasteiger partial charge in [-0.25, -0.2) is 0 Å². The van der Waals surface area contributed by atoms with E-state index in [1.54, 1.807) is 0 Å². The summed E-state index contributed by atoms with van der Waals surface area (Å²) in [5.74, 6) is 0.354. The van der Waals surface area contributed by atoms with Gasteiger partial charge in [-0.15, -0.1) is 0 Å². The summed E-state index contributed by atoms with van der Waals surface area (Å²) in [6.07, 6.45) is -0.435. The van der Waals surface area contributed by atoms with Crippen LogP contribution in [0, 0.1) is 6.92 Å². The van der Waals surface area contributed by atoms with E-state index < -0.39 is 6.10 Å². The Kier molecular flexibility index (Phi) is 6.33. The lowest BCUT2D eigenvalue weighted by atomic mass is 9.88. The third-order valence-electron chi connectivity index (χ3n) is 4.97. The maximum atomic E-state index is 10.2. The Balaban J connectivity index is 2.34. The maximum Gasteiger partial charge on any atom is 0.107 e. The monoisotopic (exact) mass is 411 g/mol. The third-order valence-corrected chi connectivity index (χ3v) is 5.22. The Morgan fingerprint density at radius 3 is 2.28 bits per heavy atom. The Bertz CT molecular complexity index is 1000. The predicted molar refractivity (Wildman–Crippen MR) is 122 cm³/mol. The zero-order valence-corrected chi connectivity index (χ0v) is 18.8. The number of hydrogen-bond acceptors (Lipinski definition) is 3. The standard InChI is InChI=1S/C25H30ClNO2/c1-15(2)20-12-11-19-21(27-20)13-16(3)23(22(14-28)29-25(4,5)6)24(19)17-7-9-18(26)10-8-17/h7-13,15,22,28H,14H2,1-6H3. The van der Waals surface area contributed by atoms with Crippen LogP contribution in [0.5, 0.6) is 0 Å². The van der Waals surface area contributed by atoms with Gasteiger partial charge in [0, 0.05) is 16.1 Å². The molecule has 0 aliphatic rings. The Morgan fingerprint density at radius 1 is 1.07 bits per heavy atom. The molecule has 1 atom stereocenters. The van der Waals surface area contributed by atoms with Crippen LogP contribution in [0.3, 0.4) is 0 Å². The number of aliphatic hydroxyl groups is 1. The van der Waals surface area contributed by atoms with E-state index in [9.17, 15) is 5.11 Å². The first kappa shape index (κ1) is 21.8. The largest absolute Gasteiger partial charge is 0.393 e. The quantitative estimate of drug-likeness (QED) is 0.500. The minimum atomic E-state index is -0.435. The van der Waals surface area contributed by atoms with E-state index in [4.69, 9.17) is 21.3 Å². The van der Waals surface area contributed by atoms with Crippen molar-refractivity contribution in [1.82, 2.24) is 4.98 Å². The number of hydrogen-bond donors (Lipinski definition) is 1. The lowest BCUT2D eigenvalue weighted by Gasteiger charge is -2.30. The van der Waals surface area contributed by atoms with Gasteiger partial charge in [-0.1, -0.05) is 43.6 Å². The van der Waals surface area contributed by atoms with Gasteiger partial charge in [-0.2, -0.15) is 0 Å². The van der Waals surface area contributed by atoms with Crippen LogP contribution in [-0.2, 0) is 4.74 Å². The van der Waals surface area contributed by atoms with Crippen LogP contribution in [0.1, 0.15) is 63.5 Å². The van der Waals surface area contributed by atoms with E-state index in [1.165, 1.54) is 0 Å². The number of aryl methyl sites for hydroxylation is 1. The molecule has 0 bridgehead atoms. The van der Waals surface area contributed by atoms with E-state index in [-0.39, 0.29) is 12.2 Å². The molecule has 3 rings (SSSR count). The molecule has 0 spiro atoms. The average Bonchev–Trinajstić information content (AvgIpc) is 2.64. The molecule has 154 valence electrons. The summed E-state index contributed by atoms with van der Waals surface area (Å²) in [4.78, 5) is 4.91. The molecule has 3 nitrogen and oxygen atoms in total. The highest BCUT2D eigenvalue weighted by Crippen LogP contribution is 2.40. The fourth-order valence-electron chi connectivity index (χ4n) is 3.72. The molecule has 0 saturated carbocycles. The first-order chi connectivity index (χ1) is 13.6. The van der Waals surface area contributed by atoms with Gasteiger partial charge >= 0.3 is 0 Å². The predicted octanol–water partition coefficient (Wildman–Crippen LogP) is 6.84. The first-order valence-electron chi connectivity index (χ1n) is 10.1. The lowest BCUT2D eigenvalue weighted by molar-refractivity contribution is -0.0821. The number of rotatable bonds is 5. The van der Waals surface area contributed by atoms with Crippen LogP contribution < -0.4 is 0 Å². The van der Waals surface area contributed by atoms with Crippen molar-refractivity contribution in [2.24, 2.45) is 0 Å². The highest BCUT2D eigenvalue weighted by molar-refractivity contribution is 6.30. The highest BCUT2D eigenvalue weighted by atomic mass is 35.5. The Hall–Kier alpha value is -1.94. The van der Waals surface area contributed by atoms with Crippen molar-refractivity contribution in [2.45, 2.75) is 59.2 Å². The zero-order valence-electron chi connectivity index (χ0n) is 18.1. The lowest BCUT2D eigenvalue weighted by Crippen LogP contribution is -2.25. The summed E-state index contributed by atoms with van der Waals surface area (Å²) in [6, 6.07) is 14.1. The van der Waals surface area contributed by atoms with E-state index >= 15 is 0 Å². The highest BCUT2D eigenvalue weighted by Gasteiger charge is 2.26. The van der Waals surface area contributed by atoms with Crippen molar-refractivity contribution in [3.63, 3.8) is 0 Å². The van der Waals surface area contributed by atoms with E-state index in [0.29, 0.717) is 10.9 Å². The molecule has 1 aromatic heterocycles. The number of benzene rings is 2. The number of halogens is 1. The molecule has 1 heterocycles.